The van der Waals surface area contributed by atoms with Crippen LogP contribution in [0.1, 0.15) is 17.3 Å². The van der Waals surface area contributed by atoms with Gasteiger partial charge in [-0.25, -0.2) is 9.97 Å². The number of hydrogen-bond acceptors (Lipinski definition) is 7. The smallest absolute Gasteiger partial charge is 0.270 e. The molecule has 0 radical (unpaired) electrons. The summed E-state index contributed by atoms with van der Waals surface area (Å²) in [5, 5.41) is 1.20. The number of fused-ring (bicyclic) bond motifs is 2. The van der Waals surface area contributed by atoms with Crippen molar-refractivity contribution in [3.05, 3.63) is 88.7 Å². The fraction of sp³-hybridized carbons (Fsp3) is 0.143. The third-order valence-corrected chi connectivity index (χ3v) is 6.11. The first-order chi connectivity index (χ1) is 18.0. The van der Waals surface area contributed by atoms with Crippen LogP contribution in [0.2, 0.25) is 0 Å². The second-order valence-electron chi connectivity index (χ2n) is 8.22. The Labute approximate surface area is 212 Å². The third kappa shape index (κ3) is 4.42. The second-order valence-corrected chi connectivity index (χ2v) is 8.22. The zero-order chi connectivity index (χ0) is 25.9. The van der Waals surface area contributed by atoms with E-state index in [2.05, 4.69) is 15.8 Å². The predicted molar refractivity (Wildman–Crippen MR) is 143 cm³/mol. The number of nitrogens with one attached hydrogen (secondary N) is 2. The van der Waals surface area contributed by atoms with Gasteiger partial charge in [-0.1, -0.05) is 30.3 Å². The zero-order valence-electron chi connectivity index (χ0n) is 20.6. The topological polar surface area (TPSA) is 107 Å². The molecule has 5 aromatic rings. The first-order valence-electron chi connectivity index (χ1n) is 11.7. The molecule has 0 spiro atoms. The Kier molecular flexibility index (Phi) is 6.42. The van der Waals surface area contributed by atoms with Crippen molar-refractivity contribution in [1.29, 1.82) is 0 Å². The summed E-state index contributed by atoms with van der Waals surface area (Å²) in [7, 11) is 3.14. The van der Waals surface area contributed by atoms with Crippen molar-refractivity contribution < 1.29 is 14.3 Å². The van der Waals surface area contributed by atoms with Crippen LogP contribution in [0.4, 0.5) is 5.95 Å². The Hall–Kier alpha value is -4.92. The van der Waals surface area contributed by atoms with Crippen LogP contribution in [-0.4, -0.2) is 34.7 Å². The lowest BCUT2D eigenvalue weighted by atomic mass is 10.0. The molecule has 2 N–H and O–H groups in total. The highest BCUT2D eigenvalue weighted by Gasteiger charge is 2.17. The van der Waals surface area contributed by atoms with Gasteiger partial charge in [-0.2, -0.15) is 0 Å². The number of nitrogens with zero attached hydrogens (tertiary/aromatic N) is 3. The van der Waals surface area contributed by atoms with Gasteiger partial charge in [0.2, 0.25) is 5.95 Å². The third-order valence-electron chi connectivity index (χ3n) is 6.11. The molecule has 5 rings (SSSR count). The number of rotatable bonds is 7. The number of methoxy groups -OCH3 is 2. The van der Waals surface area contributed by atoms with Crippen LogP contribution >= 0.6 is 0 Å². The van der Waals surface area contributed by atoms with E-state index < -0.39 is 5.91 Å². The summed E-state index contributed by atoms with van der Waals surface area (Å²) in [5.41, 5.74) is 8.35. The van der Waals surface area contributed by atoms with E-state index in [1.54, 1.807) is 44.6 Å². The summed E-state index contributed by atoms with van der Waals surface area (Å²) in [6, 6.07) is 21.7. The molecular weight excluding hydrogens is 470 g/mol. The number of hydrazine groups is 1. The van der Waals surface area contributed by atoms with E-state index in [0.29, 0.717) is 51.1 Å². The highest BCUT2D eigenvalue weighted by molar-refractivity contribution is 6.07. The SMILES string of the molecule is CCn1c(NNC(=O)c2cc(-c3ccc(OC)c(OC)c3)nc3ccccc23)nc2ccccc2c1=O. The Morgan fingerprint density at radius 2 is 1.54 bits per heavy atom. The predicted octanol–water partition coefficient (Wildman–Crippen LogP) is 4.41. The monoisotopic (exact) mass is 495 g/mol. The molecule has 37 heavy (non-hydrogen) atoms. The fourth-order valence-corrected chi connectivity index (χ4v) is 4.24. The fourth-order valence-electron chi connectivity index (χ4n) is 4.24. The Bertz CT molecular complexity index is 1700. The van der Waals surface area contributed by atoms with Crippen LogP contribution in [0.15, 0.2) is 77.6 Å². The quantitative estimate of drug-likeness (QED) is 0.322. The maximum Gasteiger partial charge on any atom is 0.270 e. The molecule has 0 aliphatic heterocycles. The molecule has 2 heterocycles. The Morgan fingerprint density at radius 1 is 0.865 bits per heavy atom. The molecule has 186 valence electrons. The summed E-state index contributed by atoms with van der Waals surface area (Å²) in [6.07, 6.45) is 0. The molecule has 2 aromatic heterocycles. The van der Waals surface area contributed by atoms with E-state index in [-0.39, 0.29) is 11.5 Å². The number of carbonyl (C=O) groups excluding carboxylic acids is 1. The van der Waals surface area contributed by atoms with E-state index in [4.69, 9.17) is 14.5 Å². The number of para-hydroxylation sites is 2. The minimum atomic E-state index is -0.398. The van der Waals surface area contributed by atoms with Crippen molar-refractivity contribution in [1.82, 2.24) is 20.0 Å². The van der Waals surface area contributed by atoms with Gasteiger partial charge in [0, 0.05) is 17.5 Å². The van der Waals surface area contributed by atoms with Gasteiger partial charge in [0.05, 0.1) is 41.9 Å². The van der Waals surface area contributed by atoms with Crippen molar-refractivity contribution >= 4 is 33.7 Å². The summed E-state index contributed by atoms with van der Waals surface area (Å²) >= 11 is 0. The first-order valence-corrected chi connectivity index (χ1v) is 11.7. The summed E-state index contributed by atoms with van der Waals surface area (Å²) in [6.45, 7) is 2.23. The standard InChI is InChI=1S/C28H25N5O4/c1-4-33-27(35)19-10-6-8-12-22(19)30-28(33)32-31-26(34)20-16-23(29-21-11-7-5-9-18(20)21)17-13-14-24(36-2)25(15-17)37-3/h5-16H,4H2,1-3H3,(H,30,32)(H,31,34). The average molecular weight is 496 g/mol. The molecule has 0 saturated heterocycles. The number of hydrogen-bond donors (Lipinski definition) is 2. The van der Waals surface area contributed by atoms with Gasteiger partial charge in [0.1, 0.15) is 0 Å². The molecule has 0 atom stereocenters. The van der Waals surface area contributed by atoms with Gasteiger partial charge in [-0.3, -0.25) is 25.0 Å². The maximum atomic E-state index is 13.4. The summed E-state index contributed by atoms with van der Waals surface area (Å²) < 4.78 is 12.3. The van der Waals surface area contributed by atoms with Crippen molar-refractivity contribution in [2.45, 2.75) is 13.5 Å². The van der Waals surface area contributed by atoms with Gasteiger partial charge in [-0.05, 0) is 49.4 Å². The van der Waals surface area contributed by atoms with Crippen LogP contribution in [0.25, 0.3) is 33.1 Å². The number of pyridine rings is 1. The van der Waals surface area contributed by atoms with Gasteiger partial charge in [-0.15, -0.1) is 0 Å². The van der Waals surface area contributed by atoms with Crippen LogP contribution < -0.4 is 25.9 Å². The molecule has 0 fully saturated rings. The van der Waals surface area contributed by atoms with Crippen molar-refractivity contribution in [2.24, 2.45) is 0 Å². The zero-order valence-corrected chi connectivity index (χ0v) is 20.6. The highest BCUT2D eigenvalue weighted by Crippen LogP contribution is 2.33. The van der Waals surface area contributed by atoms with Crippen molar-refractivity contribution in [2.75, 3.05) is 19.6 Å². The van der Waals surface area contributed by atoms with Gasteiger partial charge >= 0.3 is 0 Å². The minimum absolute atomic E-state index is 0.185. The molecule has 0 bridgehead atoms. The number of aromatic nitrogens is 3. The minimum Gasteiger partial charge on any atom is -0.493 e. The van der Waals surface area contributed by atoms with Crippen LogP contribution in [0.3, 0.4) is 0 Å². The lowest BCUT2D eigenvalue weighted by Crippen LogP contribution is -2.34. The van der Waals surface area contributed by atoms with E-state index in [9.17, 15) is 9.59 Å². The number of anilines is 1. The highest BCUT2D eigenvalue weighted by atomic mass is 16.5. The second kappa shape index (κ2) is 9.98. The van der Waals surface area contributed by atoms with E-state index in [1.807, 2.05) is 49.4 Å². The molecule has 0 unspecified atom stereocenters. The average Bonchev–Trinajstić information content (AvgIpc) is 2.95. The molecule has 9 nitrogen and oxygen atoms in total. The molecular formula is C28H25N5O4. The maximum absolute atomic E-state index is 13.4. The van der Waals surface area contributed by atoms with Crippen LogP contribution in [0, 0.1) is 0 Å². The van der Waals surface area contributed by atoms with E-state index in [1.165, 1.54) is 4.57 Å². The lowest BCUT2D eigenvalue weighted by molar-refractivity contribution is 0.0963. The lowest BCUT2D eigenvalue weighted by Gasteiger charge is -2.15. The number of benzene rings is 3. The van der Waals surface area contributed by atoms with Crippen LogP contribution in [-0.2, 0) is 6.54 Å². The van der Waals surface area contributed by atoms with Crippen molar-refractivity contribution in [3.8, 4) is 22.8 Å². The molecule has 1 amide bonds. The normalized spacial score (nSPS) is 10.9. The van der Waals surface area contributed by atoms with E-state index in [0.717, 1.165) is 5.56 Å². The Balaban J connectivity index is 1.53. The Morgan fingerprint density at radius 3 is 2.24 bits per heavy atom. The summed E-state index contributed by atoms with van der Waals surface area (Å²) in [4.78, 5) is 35.6. The molecule has 0 aliphatic rings. The number of carbonyl (C=O) groups is 1. The van der Waals surface area contributed by atoms with E-state index >= 15 is 0 Å². The van der Waals surface area contributed by atoms with Gasteiger partial charge in [0.15, 0.2) is 11.5 Å². The number of ether oxygens (including phenoxy) is 2. The van der Waals surface area contributed by atoms with Crippen molar-refractivity contribution in [3.63, 3.8) is 0 Å². The largest absolute Gasteiger partial charge is 0.493 e. The van der Waals surface area contributed by atoms with Gasteiger partial charge < -0.3 is 9.47 Å². The van der Waals surface area contributed by atoms with Crippen LogP contribution in [0.5, 0.6) is 11.5 Å². The molecule has 0 aliphatic carbocycles. The van der Waals surface area contributed by atoms with Gasteiger partial charge in [0.25, 0.3) is 11.5 Å². The molecule has 3 aromatic carbocycles. The number of amides is 1. The first kappa shape index (κ1) is 23.8. The molecule has 9 heteroatoms. The summed E-state index contributed by atoms with van der Waals surface area (Å²) in [5.74, 6) is 1.00. The molecule has 0 saturated carbocycles.